The monoisotopic (exact) mass is 300 g/mol. The zero-order chi connectivity index (χ0) is 14.5. The van der Waals surface area contributed by atoms with Gasteiger partial charge in [-0.15, -0.1) is 0 Å². The Bertz CT molecular complexity index is 517. The van der Waals surface area contributed by atoms with Crippen LogP contribution in [0.4, 0.5) is 5.69 Å². The van der Waals surface area contributed by atoms with Crippen molar-refractivity contribution < 1.29 is 19.2 Å². The van der Waals surface area contributed by atoms with Gasteiger partial charge in [0.1, 0.15) is 5.02 Å². The van der Waals surface area contributed by atoms with Crippen LogP contribution in [0.15, 0.2) is 18.2 Å². The summed E-state index contributed by atoms with van der Waals surface area (Å²) in [6.07, 6.45) is -0.179. The molecule has 1 atom stereocenters. The fourth-order valence-electron chi connectivity index (χ4n) is 1.76. The van der Waals surface area contributed by atoms with Crippen molar-refractivity contribution in [1.29, 1.82) is 0 Å². The van der Waals surface area contributed by atoms with Crippen LogP contribution < -0.4 is 5.32 Å². The molecule has 0 spiro atoms. The minimum Gasteiger partial charge on any atom is -0.376 e. The molecular formula is C12H13ClN2O5. The van der Waals surface area contributed by atoms with E-state index in [1.54, 1.807) is 0 Å². The molecule has 0 radical (unpaired) electrons. The van der Waals surface area contributed by atoms with Gasteiger partial charge in [-0.1, -0.05) is 11.6 Å². The Balaban J connectivity index is 1.95. The fourth-order valence-corrected chi connectivity index (χ4v) is 2.01. The van der Waals surface area contributed by atoms with Crippen molar-refractivity contribution in [3.8, 4) is 0 Å². The summed E-state index contributed by atoms with van der Waals surface area (Å²) in [6, 6.07) is 3.84. The van der Waals surface area contributed by atoms with Crippen molar-refractivity contribution in [3.05, 3.63) is 38.9 Å². The maximum absolute atomic E-state index is 11.9. The molecule has 1 aliphatic heterocycles. The molecule has 0 aliphatic carbocycles. The number of carbonyl (C=O) groups excluding carboxylic acids is 1. The van der Waals surface area contributed by atoms with Gasteiger partial charge in [0.15, 0.2) is 0 Å². The third kappa shape index (κ3) is 3.66. The lowest BCUT2D eigenvalue weighted by Gasteiger charge is -2.23. The lowest BCUT2D eigenvalue weighted by atomic mass is 10.2. The Morgan fingerprint density at radius 1 is 1.50 bits per heavy atom. The third-order valence-electron chi connectivity index (χ3n) is 2.78. The molecule has 1 N–H and O–H groups in total. The molecule has 0 bridgehead atoms. The number of carbonyl (C=O) groups is 1. The average molecular weight is 301 g/mol. The van der Waals surface area contributed by atoms with Crippen LogP contribution in [-0.4, -0.2) is 43.3 Å². The van der Waals surface area contributed by atoms with Crippen molar-refractivity contribution >= 4 is 23.2 Å². The molecule has 1 heterocycles. The molecule has 1 fully saturated rings. The van der Waals surface area contributed by atoms with Gasteiger partial charge < -0.3 is 14.8 Å². The molecule has 1 saturated heterocycles. The predicted molar refractivity (Wildman–Crippen MR) is 71.0 cm³/mol. The molecule has 8 heteroatoms. The molecule has 0 saturated carbocycles. The highest BCUT2D eigenvalue weighted by molar-refractivity contribution is 6.33. The lowest BCUT2D eigenvalue weighted by molar-refractivity contribution is -0.384. The molecule has 1 unspecified atom stereocenters. The maximum Gasteiger partial charge on any atom is 0.287 e. The summed E-state index contributed by atoms with van der Waals surface area (Å²) in [5, 5.41) is 13.2. The topological polar surface area (TPSA) is 90.7 Å². The Labute approximate surface area is 120 Å². The molecule has 108 valence electrons. The summed E-state index contributed by atoms with van der Waals surface area (Å²) in [7, 11) is 0. The Morgan fingerprint density at radius 3 is 2.90 bits per heavy atom. The summed E-state index contributed by atoms with van der Waals surface area (Å²) in [5.41, 5.74) is 0.0320. The second-order valence-electron chi connectivity index (χ2n) is 4.20. The molecule has 20 heavy (non-hydrogen) atoms. The number of amides is 1. The number of hydrogen-bond donors (Lipinski definition) is 1. The van der Waals surface area contributed by atoms with Gasteiger partial charge in [0.25, 0.3) is 11.6 Å². The van der Waals surface area contributed by atoms with Gasteiger partial charge in [-0.3, -0.25) is 14.9 Å². The summed E-state index contributed by atoms with van der Waals surface area (Å²) in [6.45, 7) is 1.81. The first kappa shape index (κ1) is 14.7. The number of nitro benzene ring substituents is 1. The Hall–Kier alpha value is -1.70. The van der Waals surface area contributed by atoms with Crippen molar-refractivity contribution in [2.24, 2.45) is 0 Å². The molecule has 1 aromatic rings. The Kier molecular flexibility index (Phi) is 4.89. The van der Waals surface area contributed by atoms with Crippen molar-refractivity contribution in [1.82, 2.24) is 5.32 Å². The normalized spacial score (nSPS) is 18.6. The van der Waals surface area contributed by atoms with E-state index in [1.165, 1.54) is 18.2 Å². The van der Waals surface area contributed by atoms with Crippen molar-refractivity contribution in [2.45, 2.75) is 6.10 Å². The predicted octanol–water partition coefficient (Wildman–Crippen LogP) is 1.39. The van der Waals surface area contributed by atoms with E-state index in [1.807, 2.05) is 0 Å². The number of hydrogen-bond acceptors (Lipinski definition) is 5. The van der Waals surface area contributed by atoms with Gasteiger partial charge in [0.2, 0.25) is 0 Å². The van der Waals surface area contributed by atoms with Crippen LogP contribution >= 0.6 is 11.6 Å². The molecule has 7 nitrogen and oxygen atoms in total. The van der Waals surface area contributed by atoms with Crippen LogP contribution in [0.3, 0.4) is 0 Å². The number of halogens is 1. The van der Waals surface area contributed by atoms with Crippen LogP contribution in [0.5, 0.6) is 0 Å². The van der Waals surface area contributed by atoms with Crippen LogP contribution in [0.25, 0.3) is 0 Å². The maximum atomic E-state index is 11.9. The number of nitrogens with zero attached hydrogens (tertiary/aromatic N) is 1. The number of nitro groups is 1. The molecule has 1 aliphatic rings. The van der Waals surface area contributed by atoms with Gasteiger partial charge in [-0.25, -0.2) is 0 Å². The number of nitrogens with one attached hydrogen (secondary N) is 1. The SMILES string of the molecule is O=C(NCC1COCCO1)c1ccc([N+](=O)[O-])c(Cl)c1. The second kappa shape index (κ2) is 6.65. The molecule has 1 aromatic carbocycles. The molecule has 0 aromatic heterocycles. The number of ether oxygens (including phenoxy) is 2. The van der Waals surface area contributed by atoms with Crippen LogP contribution in [-0.2, 0) is 9.47 Å². The van der Waals surface area contributed by atoms with Crippen molar-refractivity contribution in [2.75, 3.05) is 26.4 Å². The zero-order valence-electron chi connectivity index (χ0n) is 10.5. The van der Waals surface area contributed by atoms with E-state index in [2.05, 4.69) is 5.32 Å². The largest absolute Gasteiger partial charge is 0.376 e. The van der Waals surface area contributed by atoms with E-state index in [0.29, 0.717) is 26.4 Å². The molecule has 2 rings (SSSR count). The highest BCUT2D eigenvalue weighted by atomic mass is 35.5. The van der Waals surface area contributed by atoms with Gasteiger partial charge in [0, 0.05) is 18.2 Å². The first-order valence-electron chi connectivity index (χ1n) is 5.99. The average Bonchev–Trinajstić information content (AvgIpc) is 2.45. The van der Waals surface area contributed by atoms with Crippen LogP contribution in [0.2, 0.25) is 5.02 Å². The van der Waals surface area contributed by atoms with Gasteiger partial charge in [0.05, 0.1) is 30.8 Å². The first-order chi connectivity index (χ1) is 9.58. The van der Waals surface area contributed by atoms with E-state index in [9.17, 15) is 14.9 Å². The number of benzene rings is 1. The van der Waals surface area contributed by atoms with Gasteiger partial charge in [-0.05, 0) is 12.1 Å². The van der Waals surface area contributed by atoms with Crippen LogP contribution in [0, 0.1) is 10.1 Å². The Morgan fingerprint density at radius 2 is 2.30 bits per heavy atom. The standard InChI is InChI=1S/C12H13ClN2O5/c13-10-5-8(1-2-11(10)15(17)18)12(16)14-6-9-7-19-3-4-20-9/h1-2,5,9H,3-4,6-7H2,(H,14,16). The lowest BCUT2D eigenvalue weighted by Crippen LogP contribution is -2.39. The van der Waals surface area contributed by atoms with E-state index in [4.69, 9.17) is 21.1 Å². The van der Waals surface area contributed by atoms with Crippen molar-refractivity contribution in [3.63, 3.8) is 0 Å². The quantitative estimate of drug-likeness (QED) is 0.670. The molecule has 1 amide bonds. The van der Waals surface area contributed by atoms with Gasteiger partial charge >= 0.3 is 0 Å². The highest BCUT2D eigenvalue weighted by Gasteiger charge is 2.18. The van der Waals surface area contributed by atoms with Crippen LogP contribution in [0.1, 0.15) is 10.4 Å². The summed E-state index contributed by atoms with van der Waals surface area (Å²) in [4.78, 5) is 21.9. The number of rotatable bonds is 4. The highest BCUT2D eigenvalue weighted by Crippen LogP contribution is 2.24. The summed E-state index contributed by atoms with van der Waals surface area (Å²) >= 11 is 5.75. The van der Waals surface area contributed by atoms with E-state index in [-0.39, 0.29) is 28.3 Å². The van der Waals surface area contributed by atoms with E-state index < -0.39 is 4.92 Å². The fraction of sp³-hybridized carbons (Fsp3) is 0.417. The molecular weight excluding hydrogens is 288 g/mol. The smallest absolute Gasteiger partial charge is 0.287 e. The van der Waals surface area contributed by atoms with E-state index >= 15 is 0 Å². The second-order valence-corrected chi connectivity index (χ2v) is 4.61. The van der Waals surface area contributed by atoms with E-state index in [0.717, 1.165) is 0 Å². The van der Waals surface area contributed by atoms with Gasteiger partial charge in [-0.2, -0.15) is 0 Å². The minimum atomic E-state index is -0.600. The minimum absolute atomic E-state index is 0.0695. The zero-order valence-corrected chi connectivity index (χ0v) is 11.3. The first-order valence-corrected chi connectivity index (χ1v) is 6.37. The summed E-state index contributed by atoms with van der Waals surface area (Å²) in [5.74, 6) is -0.365. The summed E-state index contributed by atoms with van der Waals surface area (Å²) < 4.78 is 10.6. The third-order valence-corrected chi connectivity index (χ3v) is 3.08.